The van der Waals surface area contributed by atoms with Crippen LogP contribution in [-0.2, 0) is 6.18 Å². The summed E-state index contributed by atoms with van der Waals surface area (Å²) in [6.45, 7) is 0.162. The molecule has 0 heterocycles. The number of hydrogen-bond donors (Lipinski definition) is 1. The van der Waals surface area contributed by atoms with Crippen LogP contribution >= 0.6 is 0 Å². The molecule has 0 aliphatic rings. The highest BCUT2D eigenvalue weighted by Gasteiger charge is 2.35. The van der Waals surface area contributed by atoms with Gasteiger partial charge in [0, 0.05) is 24.4 Å². The third-order valence-electron chi connectivity index (χ3n) is 3.04. The van der Waals surface area contributed by atoms with Crippen molar-refractivity contribution in [3.63, 3.8) is 0 Å². The molecule has 2 aromatic rings. The fraction of sp³-hybridized carbons (Fsp3) is 0.125. The molecule has 1 N–H and O–H groups in total. The number of anilines is 1. The van der Waals surface area contributed by atoms with Gasteiger partial charge in [0.15, 0.2) is 0 Å². The summed E-state index contributed by atoms with van der Waals surface area (Å²) in [7, 11) is 0. The number of hydrogen-bond acceptors (Lipinski definition) is 3. The van der Waals surface area contributed by atoms with Crippen molar-refractivity contribution < 1.29 is 18.1 Å². The molecule has 120 valence electrons. The first-order valence-corrected chi connectivity index (χ1v) is 6.69. The zero-order valence-corrected chi connectivity index (χ0v) is 11.9. The van der Waals surface area contributed by atoms with Crippen molar-refractivity contribution in [1.82, 2.24) is 0 Å². The van der Waals surface area contributed by atoms with Crippen LogP contribution in [0.3, 0.4) is 0 Å². The van der Waals surface area contributed by atoms with Crippen LogP contribution < -0.4 is 5.32 Å². The van der Waals surface area contributed by atoms with Crippen LogP contribution in [0.25, 0.3) is 6.08 Å². The molecule has 0 atom stereocenters. The summed E-state index contributed by atoms with van der Waals surface area (Å²) in [6.07, 6.45) is -1.22. The Morgan fingerprint density at radius 2 is 1.83 bits per heavy atom. The number of non-ortho nitro benzene ring substituents is 1. The van der Waals surface area contributed by atoms with Gasteiger partial charge in [-0.25, -0.2) is 0 Å². The standard InChI is InChI=1S/C16H13F3N2O2/c17-16(18,19)14-11-13(21(22)23)8-9-15(14)20-10-4-7-12-5-2-1-3-6-12/h1-9,11,20H,10H2/b7-4-. The maximum absolute atomic E-state index is 13.0. The highest BCUT2D eigenvalue weighted by Crippen LogP contribution is 2.36. The minimum Gasteiger partial charge on any atom is -0.381 e. The molecule has 0 fully saturated rings. The molecule has 0 aliphatic heterocycles. The number of benzene rings is 2. The van der Waals surface area contributed by atoms with E-state index in [1.807, 2.05) is 30.3 Å². The van der Waals surface area contributed by atoms with Crippen molar-refractivity contribution in [2.75, 3.05) is 11.9 Å². The van der Waals surface area contributed by atoms with Gasteiger partial charge < -0.3 is 5.32 Å². The van der Waals surface area contributed by atoms with Crippen molar-refractivity contribution in [2.24, 2.45) is 0 Å². The molecule has 0 spiro atoms. The average molecular weight is 322 g/mol. The molecule has 0 aromatic heterocycles. The molecule has 7 heteroatoms. The SMILES string of the molecule is O=[N+]([O-])c1ccc(NC/C=C\c2ccccc2)c(C(F)(F)F)c1. The van der Waals surface area contributed by atoms with Gasteiger partial charge in [-0.15, -0.1) is 0 Å². The number of nitrogens with one attached hydrogen (secondary N) is 1. The zero-order chi connectivity index (χ0) is 16.9. The third-order valence-corrected chi connectivity index (χ3v) is 3.04. The lowest BCUT2D eigenvalue weighted by Gasteiger charge is -2.13. The van der Waals surface area contributed by atoms with Crippen molar-refractivity contribution in [3.8, 4) is 0 Å². The molecule has 4 nitrogen and oxygen atoms in total. The normalized spacial score (nSPS) is 11.6. The molecular weight excluding hydrogens is 309 g/mol. The zero-order valence-electron chi connectivity index (χ0n) is 11.9. The minimum absolute atomic E-state index is 0.162. The summed E-state index contributed by atoms with van der Waals surface area (Å²) in [6, 6.07) is 11.9. The second-order valence-corrected chi connectivity index (χ2v) is 4.68. The molecule has 23 heavy (non-hydrogen) atoms. The van der Waals surface area contributed by atoms with Crippen LogP contribution in [0.4, 0.5) is 24.5 Å². The van der Waals surface area contributed by atoms with E-state index in [4.69, 9.17) is 0 Å². The van der Waals surface area contributed by atoms with Crippen molar-refractivity contribution in [2.45, 2.75) is 6.18 Å². The van der Waals surface area contributed by atoms with Crippen LogP contribution in [-0.4, -0.2) is 11.5 Å². The first-order valence-electron chi connectivity index (χ1n) is 6.69. The Kier molecular flexibility index (Phi) is 5.00. The summed E-state index contributed by atoms with van der Waals surface area (Å²) in [5, 5.41) is 13.2. The Balaban J connectivity index is 2.13. The summed E-state index contributed by atoms with van der Waals surface area (Å²) in [5.74, 6) is 0. The van der Waals surface area contributed by atoms with Gasteiger partial charge >= 0.3 is 6.18 Å². The number of rotatable bonds is 5. The van der Waals surface area contributed by atoms with Gasteiger partial charge in [0.2, 0.25) is 0 Å². The Morgan fingerprint density at radius 3 is 2.43 bits per heavy atom. The van der Waals surface area contributed by atoms with Gasteiger partial charge in [0.25, 0.3) is 5.69 Å². The number of nitro groups is 1. The molecule has 0 aliphatic carbocycles. The van der Waals surface area contributed by atoms with E-state index in [1.165, 1.54) is 0 Å². The molecule has 2 aromatic carbocycles. The smallest absolute Gasteiger partial charge is 0.381 e. The van der Waals surface area contributed by atoms with Gasteiger partial charge in [-0.1, -0.05) is 42.5 Å². The quantitative estimate of drug-likeness (QED) is 0.639. The molecular formula is C16H13F3N2O2. The Labute approximate surface area is 130 Å². The highest BCUT2D eigenvalue weighted by molar-refractivity contribution is 5.58. The van der Waals surface area contributed by atoms with Gasteiger partial charge in [-0.2, -0.15) is 13.2 Å². The second kappa shape index (κ2) is 6.95. The van der Waals surface area contributed by atoms with Crippen molar-refractivity contribution >= 4 is 17.5 Å². The minimum atomic E-state index is -4.67. The first kappa shape index (κ1) is 16.5. The van der Waals surface area contributed by atoms with Crippen LogP contribution in [0, 0.1) is 10.1 Å². The summed E-state index contributed by atoms with van der Waals surface area (Å²) >= 11 is 0. The third kappa shape index (κ3) is 4.57. The van der Waals surface area contributed by atoms with E-state index in [-0.39, 0.29) is 12.2 Å². The van der Waals surface area contributed by atoms with Crippen LogP contribution in [0.2, 0.25) is 0 Å². The predicted molar refractivity (Wildman–Crippen MR) is 82.1 cm³/mol. The monoisotopic (exact) mass is 322 g/mol. The van der Waals surface area contributed by atoms with Gasteiger partial charge in [0.1, 0.15) is 0 Å². The molecule has 2 rings (SSSR count). The number of alkyl halides is 3. The lowest BCUT2D eigenvalue weighted by atomic mass is 10.1. The molecule has 0 radical (unpaired) electrons. The summed E-state index contributed by atoms with van der Waals surface area (Å²) in [5.41, 5.74) is -0.919. The van der Waals surface area contributed by atoms with Crippen LogP contribution in [0.15, 0.2) is 54.6 Å². The number of nitrogens with zero attached hydrogens (tertiary/aromatic N) is 1. The summed E-state index contributed by atoms with van der Waals surface area (Å²) in [4.78, 5) is 9.76. The van der Waals surface area contributed by atoms with E-state index in [1.54, 1.807) is 12.2 Å². The predicted octanol–water partition coefficient (Wildman–Crippen LogP) is 4.74. The fourth-order valence-corrected chi connectivity index (χ4v) is 1.96. The molecule has 0 unspecified atom stereocenters. The van der Waals surface area contributed by atoms with Crippen LogP contribution in [0.1, 0.15) is 11.1 Å². The Hall–Kier alpha value is -2.83. The molecule has 0 amide bonds. The van der Waals surface area contributed by atoms with Gasteiger partial charge in [-0.3, -0.25) is 10.1 Å². The average Bonchev–Trinajstić information content (AvgIpc) is 2.51. The molecule has 0 bridgehead atoms. The first-order chi connectivity index (χ1) is 10.9. The highest BCUT2D eigenvalue weighted by atomic mass is 19.4. The van der Waals surface area contributed by atoms with Gasteiger partial charge in [0.05, 0.1) is 10.5 Å². The largest absolute Gasteiger partial charge is 0.418 e. The van der Waals surface area contributed by atoms with E-state index in [0.29, 0.717) is 6.07 Å². The maximum atomic E-state index is 13.0. The van der Waals surface area contributed by atoms with E-state index < -0.39 is 22.4 Å². The number of halogens is 3. The lowest BCUT2D eigenvalue weighted by molar-refractivity contribution is -0.385. The Morgan fingerprint density at radius 1 is 1.13 bits per heavy atom. The maximum Gasteiger partial charge on any atom is 0.418 e. The van der Waals surface area contributed by atoms with E-state index in [9.17, 15) is 23.3 Å². The second-order valence-electron chi connectivity index (χ2n) is 4.68. The van der Waals surface area contributed by atoms with E-state index in [0.717, 1.165) is 17.7 Å². The van der Waals surface area contributed by atoms with Crippen molar-refractivity contribution in [1.29, 1.82) is 0 Å². The van der Waals surface area contributed by atoms with Gasteiger partial charge in [-0.05, 0) is 11.6 Å². The van der Waals surface area contributed by atoms with Crippen LogP contribution in [0.5, 0.6) is 0 Å². The van der Waals surface area contributed by atoms with Crippen molar-refractivity contribution in [3.05, 3.63) is 75.8 Å². The Bertz CT molecular complexity index is 713. The fourth-order valence-electron chi connectivity index (χ4n) is 1.96. The van der Waals surface area contributed by atoms with E-state index in [2.05, 4.69) is 5.32 Å². The lowest BCUT2D eigenvalue weighted by Crippen LogP contribution is -2.11. The summed E-state index contributed by atoms with van der Waals surface area (Å²) < 4.78 is 39.0. The molecule has 0 saturated carbocycles. The molecule has 0 saturated heterocycles. The van der Waals surface area contributed by atoms with E-state index >= 15 is 0 Å². The topological polar surface area (TPSA) is 55.2 Å². The number of nitro benzene ring substituents is 1.